The fourth-order valence-corrected chi connectivity index (χ4v) is 2.95. The van der Waals surface area contributed by atoms with Crippen LogP contribution in [0.3, 0.4) is 0 Å². The van der Waals surface area contributed by atoms with Crippen LogP contribution in [-0.4, -0.2) is 24.0 Å². The highest BCUT2D eigenvalue weighted by molar-refractivity contribution is 7.88. The Morgan fingerprint density at radius 1 is 1.12 bits per heavy atom. The first-order valence-electron chi connectivity index (χ1n) is 5.28. The van der Waals surface area contributed by atoms with Crippen LogP contribution in [0.4, 0.5) is 0 Å². The van der Waals surface area contributed by atoms with Crippen molar-refractivity contribution >= 4 is 15.9 Å². The van der Waals surface area contributed by atoms with Crippen molar-refractivity contribution in [2.75, 3.05) is 0 Å². The molecule has 0 aromatic carbocycles. The first-order valence-corrected chi connectivity index (χ1v) is 6.67. The summed E-state index contributed by atoms with van der Waals surface area (Å²) in [7, 11) is -3.58. The molecule has 0 spiro atoms. The molecule has 0 bridgehead atoms. The molecule has 0 atom stereocenters. The van der Waals surface area contributed by atoms with Gasteiger partial charge in [-0.05, 0) is 26.8 Å². The number of allylic oxidation sites excluding steroid dienone is 1. The molecule has 0 aliphatic carbocycles. The minimum Gasteiger partial charge on any atom is -0.254 e. The van der Waals surface area contributed by atoms with Crippen molar-refractivity contribution in [2.24, 2.45) is 9.81 Å². The number of nitrogens with zero attached hydrogens (tertiary/aromatic N) is 2. The summed E-state index contributed by atoms with van der Waals surface area (Å²) in [5.41, 5.74) is -0.150. The Bertz CT molecular complexity index is 434. The number of rotatable bonds is 0. The summed E-state index contributed by atoms with van der Waals surface area (Å²) in [6, 6.07) is 0. The average Bonchev–Trinajstić information content (AvgIpc) is 1.97. The van der Waals surface area contributed by atoms with Crippen molar-refractivity contribution in [3.8, 4) is 0 Å². The predicted molar refractivity (Wildman–Crippen MR) is 66.5 cm³/mol. The molecule has 0 fully saturated rings. The van der Waals surface area contributed by atoms with Gasteiger partial charge in [-0.25, -0.2) is 0 Å². The Balaban J connectivity index is 3.20. The maximum absolute atomic E-state index is 12.0. The van der Waals surface area contributed by atoms with E-state index < -0.39 is 15.7 Å². The molecule has 0 aromatic rings. The van der Waals surface area contributed by atoms with Gasteiger partial charge >= 0.3 is 10.2 Å². The largest absolute Gasteiger partial charge is 0.344 e. The van der Waals surface area contributed by atoms with E-state index in [1.54, 1.807) is 12.3 Å². The normalized spacial score (nSPS) is 20.9. The Labute approximate surface area is 98.2 Å². The highest BCUT2D eigenvalue weighted by Gasteiger charge is 2.33. The standard InChI is InChI=1S/C11H20N2O2S/c1-10(2,3)9-7-8-13(11(4,5)6)16(14,15)12-9/h7-8H,1-6H3. The summed E-state index contributed by atoms with van der Waals surface area (Å²) in [4.78, 5) is 0. The van der Waals surface area contributed by atoms with Crippen molar-refractivity contribution in [3.05, 3.63) is 12.3 Å². The van der Waals surface area contributed by atoms with Crippen LogP contribution in [0.1, 0.15) is 41.5 Å². The summed E-state index contributed by atoms with van der Waals surface area (Å²) in [6.07, 6.45) is 3.37. The van der Waals surface area contributed by atoms with Gasteiger partial charge in [0.05, 0.1) is 5.71 Å². The van der Waals surface area contributed by atoms with Crippen LogP contribution in [0.2, 0.25) is 0 Å². The van der Waals surface area contributed by atoms with E-state index in [0.717, 1.165) is 0 Å². The zero-order valence-electron chi connectivity index (χ0n) is 10.8. The number of hydrogen-bond acceptors (Lipinski definition) is 2. The highest BCUT2D eigenvalue weighted by atomic mass is 32.2. The summed E-state index contributed by atoms with van der Waals surface area (Å²) in [5, 5.41) is 0. The summed E-state index contributed by atoms with van der Waals surface area (Å²) in [6.45, 7) is 11.3. The monoisotopic (exact) mass is 244 g/mol. The summed E-state index contributed by atoms with van der Waals surface area (Å²) < 4.78 is 29.1. The second kappa shape index (κ2) is 3.58. The molecule has 1 heterocycles. The van der Waals surface area contributed by atoms with Crippen LogP contribution in [0.15, 0.2) is 16.7 Å². The van der Waals surface area contributed by atoms with E-state index >= 15 is 0 Å². The van der Waals surface area contributed by atoms with Gasteiger partial charge in [0, 0.05) is 17.2 Å². The maximum atomic E-state index is 12.0. The minimum atomic E-state index is -3.58. The van der Waals surface area contributed by atoms with Crippen LogP contribution in [-0.2, 0) is 10.2 Å². The second-order valence-corrected chi connectivity index (χ2v) is 7.46. The van der Waals surface area contributed by atoms with Crippen molar-refractivity contribution in [2.45, 2.75) is 47.1 Å². The SMILES string of the molecule is CC(C)(C)C1=NS(=O)(=O)N(C(C)(C)C)C=C1. The molecule has 0 amide bonds. The molecule has 1 aliphatic rings. The lowest BCUT2D eigenvalue weighted by Gasteiger charge is -2.35. The van der Waals surface area contributed by atoms with Gasteiger partial charge in [-0.1, -0.05) is 20.8 Å². The molecule has 0 unspecified atom stereocenters. The fraction of sp³-hybridized carbons (Fsp3) is 0.727. The van der Waals surface area contributed by atoms with Crippen molar-refractivity contribution in [3.63, 3.8) is 0 Å². The zero-order chi connectivity index (χ0) is 12.8. The molecule has 5 heteroatoms. The van der Waals surface area contributed by atoms with Gasteiger partial charge < -0.3 is 0 Å². The predicted octanol–water partition coefficient (Wildman–Crippen LogP) is 2.35. The summed E-state index contributed by atoms with van der Waals surface area (Å²) >= 11 is 0. The van der Waals surface area contributed by atoms with Gasteiger partial charge in [-0.2, -0.15) is 8.42 Å². The lowest BCUT2D eigenvalue weighted by Crippen LogP contribution is -2.43. The molecule has 4 nitrogen and oxygen atoms in total. The first kappa shape index (κ1) is 13.2. The van der Waals surface area contributed by atoms with E-state index in [0.29, 0.717) is 5.71 Å². The highest BCUT2D eigenvalue weighted by Crippen LogP contribution is 2.27. The van der Waals surface area contributed by atoms with Gasteiger partial charge in [0.2, 0.25) is 0 Å². The molecule has 92 valence electrons. The van der Waals surface area contributed by atoms with E-state index in [9.17, 15) is 8.42 Å². The van der Waals surface area contributed by atoms with E-state index in [-0.39, 0.29) is 5.41 Å². The molecule has 0 radical (unpaired) electrons. The second-order valence-electron chi connectivity index (χ2n) is 5.99. The lowest BCUT2D eigenvalue weighted by molar-refractivity contribution is 0.318. The molecule has 1 aliphatic heterocycles. The summed E-state index contributed by atoms with van der Waals surface area (Å²) in [5.74, 6) is 0. The third kappa shape index (κ3) is 2.64. The van der Waals surface area contributed by atoms with E-state index in [1.165, 1.54) is 4.31 Å². The fourth-order valence-electron chi connectivity index (χ4n) is 1.37. The third-order valence-electron chi connectivity index (χ3n) is 2.26. The van der Waals surface area contributed by atoms with Gasteiger partial charge in [0.15, 0.2) is 0 Å². The Hall–Kier alpha value is -0.840. The van der Waals surface area contributed by atoms with Crippen LogP contribution in [0.25, 0.3) is 0 Å². The third-order valence-corrected chi connectivity index (χ3v) is 3.85. The molecule has 0 N–H and O–H groups in total. The first-order chi connectivity index (χ1) is 6.94. The van der Waals surface area contributed by atoms with Gasteiger partial charge in [0.1, 0.15) is 0 Å². The number of hydrogen-bond donors (Lipinski definition) is 0. The van der Waals surface area contributed by atoms with E-state index in [4.69, 9.17) is 0 Å². The smallest absolute Gasteiger partial charge is 0.254 e. The van der Waals surface area contributed by atoms with Gasteiger partial charge in [0.25, 0.3) is 0 Å². The molecule has 0 aromatic heterocycles. The van der Waals surface area contributed by atoms with Crippen molar-refractivity contribution in [1.29, 1.82) is 0 Å². The molecule has 0 saturated heterocycles. The molecule has 1 rings (SSSR count). The Morgan fingerprint density at radius 3 is 1.94 bits per heavy atom. The minimum absolute atomic E-state index is 0.256. The zero-order valence-corrected chi connectivity index (χ0v) is 11.6. The molecular weight excluding hydrogens is 224 g/mol. The van der Waals surface area contributed by atoms with Crippen molar-refractivity contribution in [1.82, 2.24) is 4.31 Å². The average molecular weight is 244 g/mol. The Kier molecular flexibility index (Phi) is 2.96. The molecular formula is C11H20N2O2S. The van der Waals surface area contributed by atoms with Gasteiger partial charge in [-0.3, -0.25) is 4.31 Å². The Morgan fingerprint density at radius 2 is 1.62 bits per heavy atom. The van der Waals surface area contributed by atoms with Gasteiger partial charge in [-0.15, -0.1) is 4.40 Å². The quantitative estimate of drug-likeness (QED) is 0.656. The van der Waals surface area contributed by atoms with Crippen LogP contribution in [0.5, 0.6) is 0 Å². The lowest BCUT2D eigenvalue weighted by atomic mass is 9.90. The van der Waals surface area contributed by atoms with Crippen LogP contribution < -0.4 is 0 Å². The van der Waals surface area contributed by atoms with Crippen LogP contribution in [0, 0.1) is 5.41 Å². The van der Waals surface area contributed by atoms with Crippen LogP contribution >= 0.6 is 0 Å². The topological polar surface area (TPSA) is 49.7 Å². The van der Waals surface area contributed by atoms with E-state index in [1.807, 2.05) is 41.5 Å². The van der Waals surface area contributed by atoms with E-state index in [2.05, 4.69) is 4.40 Å². The van der Waals surface area contributed by atoms with Crippen molar-refractivity contribution < 1.29 is 8.42 Å². The maximum Gasteiger partial charge on any atom is 0.344 e. The molecule has 0 saturated carbocycles. The molecule has 16 heavy (non-hydrogen) atoms.